The van der Waals surface area contributed by atoms with Gasteiger partial charge in [-0.05, 0) is 117 Å². The maximum atomic E-state index is 6.75. The Hall–Kier alpha value is -5.22. The van der Waals surface area contributed by atoms with Gasteiger partial charge in [-0.25, -0.2) is 0 Å². The Labute approximate surface area is 357 Å². The number of fused-ring (bicyclic) bond motifs is 11. The molecule has 1 fully saturated rings. The number of hydrogen-bond acceptors (Lipinski definition) is 3. The number of hydrogen-bond donors (Lipinski definition) is 0. The smallest absolute Gasteiger partial charge is 0.333 e. The molecule has 11 rings (SSSR count). The van der Waals surface area contributed by atoms with Crippen LogP contribution in [0.5, 0.6) is 0 Å². The molecule has 3 nitrogen and oxygen atoms in total. The van der Waals surface area contributed by atoms with Crippen molar-refractivity contribution in [1.29, 1.82) is 0 Å². The van der Waals surface area contributed by atoms with Gasteiger partial charge in [-0.1, -0.05) is 155 Å². The molecular weight excluding hydrogens is 727 g/mol. The minimum absolute atomic E-state index is 0.00394. The molecule has 302 valence electrons. The Morgan fingerprint density at radius 1 is 0.583 bits per heavy atom. The molecule has 60 heavy (non-hydrogen) atoms. The van der Waals surface area contributed by atoms with Gasteiger partial charge in [0.1, 0.15) is 11.2 Å². The Morgan fingerprint density at radius 2 is 1.23 bits per heavy atom. The van der Waals surface area contributed by atoms with Crippen LogP contribution < -0.4 is 20.6 Å². The molecule has 6 aromatic carbocycles. The zero-order valence-electron chi connectivity index (χ0n) is 37.6. The summed E-state index contributed by atoms with van der Waals surface area (Å²) in [6.07, 6.45) is 4.89. The first kappa shape index (κ1) is 37.8. The number of benzene rings is 6. The van der Waals surface area contributed by atoms with Crippen LogP contribution in [0.4, 0.5) is 22.7 Å². The third-order valence-electron chi connectivity index (χ3n) is 15.4. The fourth-order valence-corrected chi connectivity index (χ4v) is 11.8. The molecule has 4 heteroatoms. The maximum absolute atomic E-state index is 6.75. The van der Waals surface area contributed by atoms with Crippen LogP contribution in [0.2, 0.25) is 0 Å². The molecule has 4 heterocycles. The molecule has 0 saturated heterocycles. The second kappa shape index (κ2) is 12.2. The Bertz CT molecular complexity index is 2940. The monoisotopic (exact) mass is 786 g/mol. The van der Waals surface area contributed by atoms with Crippen LogP contribution in [0.25, 0.3) is 44.2 Å². The van der Waals surface area contributed by atoms with Crippen molar-refractivity contribution in [1.82, 2.24) is 0 Å². The summed E-state index contributed by atoms with van der Waals surface area (Å²) in [6.45, 7) is 26.5. The van der Waals surface area contributed by atoms with Crippen LogP contribution >= 0.6 is 0 Å². The molecule has 1 aliphatic carbocycles. The molecule has 0 spiro atoms. The number of anilines is 4. The van der Waals surface area contributed by atoms with E-state index in [0.29, 0.717) is 0 Å². The van der Waals surface area contributed by atoms with Crippen LogP contribution in [0, 0.1) is 0 Å². The lowest BCUT2D eigenvalue weighted by molar-refractivity contribution is 0.195. The van der Waals surface area contributed by atoms with E-state index in [-0.39, 0.29) is 34.0 Å². The molecule has 0 radical (unpaired) electrons. The summed E-state index contributed by atoms with van der Waals surface area (Å²) in [5.41, 5.74) is 20.7. The third-order valence-corrected chi connectivity index (χ3v) is 15.4. The molecular formula is C56H59BN2O. The minimum Gasteiger partial charge on any atom is -0.456 e. The van der Waals surface area contributed by atoms with E-state index in [0.717, 1.165) is 11.2 Å². The average molecular weight is 787 g/mol. The summed E-state index contributed by atoms with van der Waals surface area (Å²) in [6, 6.07) is 42.2. The van der Waals surface area contributed by atoms with Gasteiger partial charge in [-0.3, -0.25) is 0 Å². The lowest BCUT2D eigenvalue weighted by Crippen LogP contribution is -2.65. The molecule has 7 aromatic rings. The van der Waals surface area contributed by atoms with Crippen molar-refractivity contribution in [3.63, 3.8) is 0 Å². The van der Waals surface area contributed by atoms with Crippen LogP contribution in [0.3, 0.4) is 0 Å². The average Bonchev–Trinajstić information content (AvgIpc) is 3.69. The molecule has 2 atom stereocenters. The van der Waals surface area contributed by atoms with E-state index in [9.17, 15) is 0 Å². The van der Waals surface area contributed by atoms with Gasteiger partial charge in [0, 0.05) is 50.1 Å². The van der Waals surface area contributed by atoms with Gasteiger partial charge < -0.3 is 14.1 Å². The second-order valence-electron chi connectivity index (χ2n) is 22.1. The van der Waals surface area contributed by atoms with Gasteiger partial charge in [-0.2, -0.15) is 0 Å². The molecule has 1 aromatic heterocycles. The van der Waals surface area contributed by atoms with Gasteiger partial charge >= 0.3 is 6.85 Å². The van der Waals surface area contributed by atoms with Gasteiger partial charge in [0.05, 0.1) is 5.54 Å². The highest BCUT2D eigenvalue weighted by molar-refractivity contribution is 6.94. The van der Waals surface area contributed by atoms with E-state index in [1.165, 1.54) is 109 Å². The van der Waals surface area contributed by atoms with Gasteiger partial charge in [-0.15, -0.1) is 0 Å². The summed E-state index contributed by atoms with van der Waals surface area (Å²) in [5.74, 6) is 0. The molecule has 0 N–H and O–H groups in total. The van der Waals surface area contributed by atoms with Crippen molar-refractivity contribution < 1.29 is 4.42 Å². The highest BCUT2D eigenvalue weighted by Crippen LogP contribution is 2.63. The zero-order chi connectivity index (χ0) is 41.9. The normalized spacial score (nSPS) is 20.7. The summed E-state index contributed by atoms with van der Waals surface area (Å²) >= 11 is 0. The number of furan rings is 1. The van der Waals surface area contributed by atoms with Crippen LogP contribution in [-0.4, -0.2) is 12.4 Å². The van der Waals surface area contributed by atoms with Crippen LogP contribution in [-0.2, 0) is 21.7 Å². The van der Waals surface area contributed by atoms with E-state index in [4.69, 9.17) is 4.42 Å². The van der Waals surface area contributed by atoms with Crippen molar-refractivity contribution in [2.45, 2.75) is 129 Å². The predicted molar refractivity (Wildman–Crippen MR) is 257 cm³/mol. The van der Waals surface area contributed by atoms with Crippen LogP contribution in [0.15, 0.2) is 114 Å². The molecule has 4 aliphatic rings. The fourth-order valence-electron chi connectivity index (χ4n) is 11.8. The molecule has 0 bridgehead atoms. The summed E-state index contributed by atoms with van der Waals surface area (Å²) in [4.78, 5) is 5.66. The minimum atomic E-state index is -0.0723. The highest BCUT2D eigenvalue weighted by Gasteiger charge is 2.62. The first-order valence-corrected chi connectivity index (χ1v) is 22.5. The highest BCUT2D eigenvalue weighted by atomic mass is 16.3. The SMILES string of the molecule is CC(C)(C)c1ccc(N2B3c4cc(C(C)(C)C)cc5c4N(c4cc(C(C)(C)C)cc(c43)-c3c2ccc2oc4ccccc4c32)C2(C)CCCCC52C)c(-c2ccccc2)c1. The van der Waals surface area contributed by atoms with Gasteiger partial charge in [0.25, 0.3) is 0 Å². The number of nitrogens with zero attached hydrogens (tertiary/aromatic N) is 2. The molecule has 2 unspecified atom stereocenters. The van der Waals surface area contributed by atoms with Gasteiger partial charge in [0.2, 0.25) is 0 Å². The second-order valence-corrected chi connectivity index (χ2v) is 22.1. The Kier molecular flexibility index (Phi) is 7.68. The number of para-hydroxylation sites is 1. The largest absolute Gasteiger partial charge is 0.456 e. The predicted octanol–water partition coefficient (Wildman–Crippen LogP) is 14.1. The van der Waals surface area contributed by atoms with E-state index < -0.39 is 0 Å². The van der Waals surface area contributed by atoms with E-state index in [1.807, 2.05) is 0 Å². The van der Waals surface area contributed by atoms with Crippen molar-refractivity contribution >= 4 is 62.5 Å². The Balaban J connectivity index is 1.35. The molecule has 0 amide bonds. The van der Waals surface area contributed by atoms with Crippen molar-refractivity contribution in [3.05, 3.63) is 131 Å². The van der Waals surface area contributed by atoms with Crippen molar-refractivity contribution in [2.24, 2.45) is 0 Å². The third kappa shape index (κ3) is 5.03. The lowest BCUT2D eigenvalue weighted by atomic mass is 9.42. The zero-order valence-corrected chi connectivity index (χ0v) is 37.6. The first-order chi connectivity index (χ1) is 28.4. The Morgan fingerprint density at radius 3 is 1.97 bits per heavy atom. The van der Waals surface area contributed by atoms with Crippen LogP contribution in [0.1, 0.15) is 124 Å². The molecule has 3 aliphatic heterocycles. The van der Waals surface area contributed by atoms with E-state index in [2.05, 4.69) is 195 Å². The maximum Gasteiger partial charge on any atom is 0.333 e. The molecule has 1 saturated carbocycles. The lowest BCUT2D eigenvalue weighted by Gasteiger charge is -2.53. The summed E-state index contributed by atoms with van der Waals surface area (Å²) in [5, 5.41) is 2.38. The standard InChI is InChI=1S/C56H59BN2O/c1-52(2,3)35-23-24-43(39(29-35)34-19-13-12-14-20-34)59-44-25-26-47-49(38-21-15-16-22-46(38)60-47)48(44)40-30-36(53(4,5)6)33-45-50(40)57(59)42-32-37(54(7,8)9)31-41-51(42)58(45)56(11)28-18-17-27-55(41,56)10/h12-16,19-26,29-33H,17-18,27-28H2,1-11H3. The first-order valence-electron chi connectivity index (χ1n) is 22.5. The van der Waals surface area contributed by atoms with Crippen molar-refractivity contribution in [3.8, 4) is 22.3 Å². The van der Waals surface area contributed by atoms with E-state index in [1.54, 1.807) is 5.56 Å². The summed E-state index contributed by atoms with van der Waals surface area (Å²) < 4.78 is 6.75. The van der Waals surface area contributed by atoms with Gasteiger partial charge in [0.15, 0.2) is 0 Å². The fraction of sp³-hybridized carbons (Fsp3) is 0.357. The topological polar surface area (TPSA) is 19.6 Å². The van der Waals surface area contributed by atoms with Crippen molar-refractivity contribution in [2.75, 3.05) is 9.71 Å². The summed E-state index contributed by atoms with van der Waals surface area (Å²) in [7, 11) is 0. The van der Waals surface area contributed by atoms with E-state index >= 15 is 0 Å². The number of rotatable bonds is 2. The quantitative estimate of drug-likeness (QED) is 0.163.